The fourth-order valence-electron chi connectivity index (χ4n) is 1.38. The summed E-state index contributed by atoms with van der Waals surface area (Å²) in [5.74, 6) is -1.94. The van der Waals surface area contributed by atoms with Crippen molar-refractivity contribution in [2.24, 2.45) is 0 Å². The zero-order valence-electron chi connectivity index (χ0n) is 8.81. The second-order valence-corrected chi connectivity index (χ2v) is 4.71. The Morgan fingerprint density at radius 3 is 2.39 bits per heavy atom. The second-order valence-electron chi connectivity index (χ2n) is 3.42. The number of furan rings is 1. The largest absolute Gasteiger partial charge is 0.475 e. The number of carboxylic acid groups (broad SMARTS) is 1. The number of benzene rings is 1. The van der Waals surface area contributed by atoms with E-state index in [1.165, 1.54) is 18.2 Å². The number of hydrogen-bond donors (Lipinski definition) is 1. The molecule has 1 aromatic heterocycles. The lowest BCUT2D eigenvalue weighted by Gasteiger charge is -2.01. The summed E-state index contributed by atoms with van der Waals surface area (Å²) >= 11 is 8.99. The Bertz CT molecular complexity index is 633. The Balaban J connectivity index is 2.38. The summed E-state index contributed by atoms with van der Waals surface area (Å²) in [4.78, 5) is 22.7. The topological polar surface area (TPSA) is 67.5 Å². The summed E-state index contributed by atoms with van der Waals surface area (Å²) in [6.45, 7) is 0. The molecule has 6 heteroatoms. The van der Waals surface area contributed by atoms with Gasteiger partial charge in [-0.05, 0) is 46.3 Å². The minimum atomic E-state index is -1.22. The zero-order valence-corrected chi connectivity index (χ0v) is 11.2. The highest BCUT2D eigenvalue weighted by Gasteiger charge is 2.18. The van der Waals surface area contributed by atoms with Crippen LogP contribution in [0.5, 0.6) is 0 Å². The maximum atomic E-state index is 12.1. The Labute approximate surface area is 115 Å². The van der Waals surface area contributed by atoms with Gasteiger partial charge in [-0.2, -0.15) is 0 Å². The average Bonchev–Trinajstić information content (AvgIpc) is 2.77. The molecule has 0 unspecified atom stereocenters. The van der Waals surface area contributed by atoms with Crippen molar-refractivity contribution in [3.8, 4) is 0 Å². The molecule has 0 aliphatic rings. The van der Waals surface area contributed by atoms with E-state index in [0.717, 1.165) is 0 Å². The molecular weight excluding hydrogens is 323 g/mol. The van der Waals surface area contributed by atoms with E-state index in [2.05, 4.69) is 15.9 Å². The molecule has 0 saturated heterocycles. The Hall–Kier alpha value is -1.59. The van der Waals surface area contributed by atoms with Crippen LogP contribution >= 0.6 is 27.5 Å². The molecule has 0 amide bonds. The van der Waals surface area contributed by atoms with Crippen molar-refractivity contribution in [2.75, 3.05) is 0 Å². The van der Waals surface area contributed by atoms with E-state index in [-0.39, 0.29) is 11.5 Å². The fraction of sp³-hybridized carbons (Fsp3) is 0. The van der Waals surface area contributed by atoms with Gasteiger partial charge in [0.1, 0.15) is 0 Å². The lowest BCUT2D eigenvalue weighted by molar-refractivity contribution is 0.0660. The highest BCUT2D eigenvalue weighted by Crippen LogP contribution is 2.24. The molecule has 0 atom stereocenters. The van der Waals surface area contributed by atoms with Crippen molar-refractivity contribution in [3.63, 3.8) is 0 Å². The first-order chi connectivity index (χ1) is 8.49. The monoisotopic (exact) mass is 328 g/mol. The van der Waals surface area contributed by atoms with Gasteiger partial charge in [0.15, 0.2) is 5.76 Å². The molecule has 0 fully saturated rings. The smallest absolute Gasteiger partial charge is 0.371 e. The van der Waals surface area contributed by atoms with E-state index in [1.807, 2.05) is 0 Å². The quantitative estimate of drug-likeness (QED) is 0.873. The molecule has 4 nitrogen and oxygen atoms in total. The second kappa shape index (κ2) is 4.96. The lowest BCUT2D eigenvalue weighted by atomic mass is 10.1. The molecular formula is C12H6BrClO4. The first kappa shape index (κ1) is 12.9. The maximum absolute atomic E-state index is 12.1. The van der Waals surface area contributed by atoms with Gasteiger partial charge in [-0.25, -0.2) is 4.79 Å². The predicted octanol–water partition coefficient (Wildman–Crippen LogP) is 3.62. The van der Waals surface area contributed by atoms with E-state index in [0.29, 0.717) is 15.1 Å². The molecule has 1 heterocycles. The Morgan fingerprint density at radius 2 is 1.83 bits per heavy atom. The number of ketones is 1. The summed E-state index contributed by atoms with van der Waals surface area (Å²) in [6.07, 6.45) is 0. The van der Waals surface area contributed by atoms with Gasteiger partial charge in [0.2, 0.25) is 11.5 Å². The average molecular weight is 330 g/mol. The van der Waals surface area contributed by atoms with Gasteiger partial charge in [0, 0.05) is 15.1 Å². The van der Waals surface area contributed by atoms with Crippen molar-refractivity contribution in [1.82, 2.24) is 0 Å². The minimum absolute atomic E-state index is 0.0320. The Morgan fingerprint density at radius 1 is 1.17 bits per heavy atom. The van der Waals surface area contributed by atoms with E-state index in [4.69, 9.17) is 21.1 Å². The van der Waals surface area contributed by atoms with E-state index >= 15 is 0 Å². The number of carboxylic acids is 1. The fourth-order valence-corrected chi connectivity index (χ4v) is 2.24. The van der Waals surface area contributed by atoms with Gasteiger partial charge >= 0.3 is 5.97 Å². The van der Waals surface area contributed by atoms with Crippen LogP contribution in [0, 0.1) is 0 Å². The number of aromatic carboxylic acids is 1. The van der Waals surface area contributed by atoms with E-state index in [9.17, 15) is 9.59 Å². The molecule has 1 aromatic carbocycles. The van der Waals surface area contributed by atoms with Crippen molar-refractivity contribution in [3.05, 3.63) is 56.9 Å². The molecule has 92 valence electrons. The van der Waals surface area contributed by atoms with Gasteiger partial charge in [-0.15, -0.1) is 0 Å². The van der Waals surface area contributed by atoms with Crippen molar-refractivity contribution >= 4 is 39.3 Å². The van der Waals surface area contributed by atoms with Gasteiger partial charge in [-0.3, -0.25) is 4.79 Å². The van der Waals surface area contributed by atoms with Crippen LogP contribution in [0.4, 0.5) is 0 Å². The molecule has 0 spiro atoms. The summed E-state index contributed by atoms with van der Waals surface area (Å²) in [5, 5.41) is 9.20. The lowest BCUT2D eigenvalue weighted by Crippen LogP contribution is -2.01. The van der Waals surface area contributed by atoms with Crippen LogP contribution in [-0.4, -0.2) is 16.9 Å². The highest BCUT2D eigenvalue weighted by molar-refractivity contribution is 9.10. The molecule has 18 heavy (non-hydrogen) atoms. The van der Waals surface area contributed by atoms with Crippen LogP contribution in [0.3, 0.4) is 0 Å². The number of carbonyl (C=O) groups excluding carboxylic acids is 1. The van der Waals surface area contributed by atoms with Gasteiger partial charge in [0.05, 0.1) is 0 Å². The summed E-state index contributed by atoms with van der Waals surface area (Å²) in [5.41, 5.74) is 0.352. The molecule has 0 aliphatic heterocycles. The number of halogens is 2. The molecule has 0 saturated carbocycles. The van der Waals surface area contributed by atoms with Crippen LogP contribution in [0.2, 0.25) is 5.02 Å². The van der Waals surface area contributed by atoms with E-state index in [1.54, 1.807) is 12.1 Å². The molecule has 0 aliphatic carbocycles. The standard InChI is InChI=1S/C12H6BrClO4/c13-8-5-6(14)1-2-7(8)11(15)9-3-4-10(18-9)12(16)17/h1-5H,(H,16,17). The van der Waals surface area contributed by atoms with Crippen molar-refractivity contribution in [2.45, 2.75) is 0 Å². The molecule has 2 aromatic rings. The van der Waals surface area contributed by atoms with E-state index < -0.39 is 11.8 Å². The first-order valence-electron chi connectivity index (χ1n) is 4.82. The van der Waals surface area contributed by atoms with Gasteiger partial charge < -0.3 is 9.52 Å². The third-order valence-corrected chi connectivity index (χ3v) is 3.11. The van der Waals surface area contributed by atoms with Crippen molar-refractivity contribution < 1.29 is 19.1 Å². The van der Waals surface area contributed by atoms with Gasteiger partial charge in [-0.1, -0.05) is 11.6 Å². The summed E-state index contributed by atoms with van der Waals surface area (Å²) in [6, 6.07) is 7.25. The summed E-state index contributed by atoms with van der Waals surface area (Å²) < 4.78 is 5.47. The molecule has 0 bridgehead atoms. The van der Waals surface area contributed by atoms with Crippen LogP contribution in [0.1, 0.15) is 26.7 Å². The predicted molar refractivity (Wildman–Crippen MR) is 68.3 cm³/mol. The molecule has 0 radical (unpaired) electrons. The minimum Gasteiger partial charge on any atom is -0.475 e. The zero-order chi connectivity index (χ0) is 13.3. The number of rotatable bonds is 3. The third-order valence-electron chi connectivity index (χ3n) is 2.22. The number of hydrogen-bond acceptors (Lipinski definition) is 3. The van der Waals surface area contributed by atoms with Crippen molar-refractivity contribution in [1.29, 1.82) is 0 Å². The highest BCUT2D eigenvalue weighted by atomic mass is 79.9. The first-order valence-corrected chi connectivity index (χ1v) is 5.99. The maximum Gasteiger partial charge on any atom is 0.371 e. The van der Waals surface area contributed by atoms with Crippen LogP contribution in [0.25, 0.3) is 0 Å². The van der Waals surface area contributed by atoms with Crippen LogP contribution in [-0.2, 0) is 0 Å². The summed E-state index contributed by atoms with van der Waals surface area (Å²) in [7, 11) is 0. The molecule has 2 rings (SSSR count). The normalized spacial score (nSPS) is 10.3. The number of carbonyl (C=O) groups is 2. The third kappa shape index (κ3) is 2.47. The Kier molecular flexibility index (Phi) is 3.54. The molecule has 1 N–H and O–H groups in total. The SMILES string of the molecule is O=C(O)c1ccc(C(=O)c2ccc(Cl)cc2Br)o1. The van der Waals surface area contributed by atoms with Crippen LogP contribution in [0.15, 0.2) is 39.2 Å². The van der Waals surface area contributed by atoms with Gasteiger partial charge in [0.25, 0.3) is 0 Å². The van der Waals surface area contributed by atoms with Crippen LogP contribution < -0.4 is 0 Å².